The molecule has 1 aliphatic rings. The Balaban J connectivity index is 2.17. The van der Waals surface area contributed by atoms with Crippen LogP contribution in [0.5, 0.6) is 0 Å². The molecular formula is C13H19N3O3. The second-order valence-electron chi connectivity index (χ2n) is 5.65. The molecule has 2 rings (SSSR count). The lowest BCUT2D eigenvalue weighted by Crippen LogP contribution is -2.37. The summed E-state index contributed by atoms with van der Waals surface area (Å²) in [5, 5.41) is 0. The van der Waals surface area contributed by atoms with Crippen molar-refractivity contribution < 1.29 is 9.53 Å². The number of amides is 1. The normalized spacial score (nSPS) is 19.5. The first kappa shape index (κ1) is 13.6. The lowest BCUT2D eigenvalue weighted by atomic mass is 10.2. The number of carbonyl (C=O) groups excluding carboxylic acids is 1. The standard InChI is InChI=1S/C13H19N3O3/c1-13(2,3)19-12(18)16-8-4-5-9(16)11-14-7-6-10(17)15-11/h6-7,9H,4-5,8H2,1-3H3,(H,14,15,17). The average molecular weight is 265 g/mol. The van der Waals surface area contributed by atoms with Gasteiger partial charge in [-0.1, -0.05) is 0 Å². The van der Waals surface area contributed by atoms with Crippen LogP contribution < -0.4 is 5.56 Å². The summed E-state index contributed by atoms with van der Waals surface area (Å²) in [6.07, 6.45) is 2.76. The van der Waals surface area contributed by atoms with Crippen LogP contribution in [0.2, 0.25) is 0 Å². The molecule has 1 unspecified atom stereocenters. The fourth-order valence-electron chi connectivity index (χ4n) is 2.14. The van der Waals surface area contributed by atoms with Crippen molar-refractivity contribution in [2.75, 3.05) is 6.54 Å². The topological polar surface area (TPSA) is 75.3 Å². The van der Waals surface area contributed by atoms with Gasteiger partial charge in [-0.3, -0.25) is 9.69 Å². The van der Waals surface area contributed by atoms with Crippen molar-refractivity contribution in [2.45, 2.75) is 45.3 Å². The van der Waals surface area contributed by atoms with Crippen LogP contribution in [-0.4, -0.2) is 33.1 Å². The number of aromatic amines is 1. The molecule has 0 aliphatic carbocycles. The number of carbonyl (C=O) groups is 1. The number of aromatic nitrogens is 2. The van der Waals surface area contributed by atoms with E-state index >= 15 is 0 Å². The van der Waals surface area contributed by atoms with Crippen molar-refractivity contribution in [1.82, 2.24) is 14.9 Å². The molecule has 2 heterocycles. The zero-order valence-corrected chi connectivity index (χ0v) is 11.5. The highest BCUT2D eigenvalue weighted by atomic mass is 16.6. The Morgan fingerprint density at radius 1 is 1.53 bits per heavy atom. The van der Waals surface area contributed by atoms with E-state index in [4.69, 9.17) is 4.74 Å². The van der Waals surface area contributed by atoms with Gasteiger partial charge < -0.3 is 9.72 Å². The first-order valence-electron chi connectivity index (χ1n) is 6.42. The van der Waals surface area contributed by atoms with E-state index in [0.717, 1.165) is 12.8 Å². The predicted octanol–water partition coefficient (Wildman–Crippen LogP) is 1.84. The van der Waals surface area contributed by atoms with Gasteiger partial charge in [-0.15, -0.1) is 0 Å². The fourth-order valence-corrected chi connectivity index (χ4v) is 2.14. The van der Waals surface area contributed by atoms with E-state index in [1.54, 1.807) is 4.90 Å². The van der Waals surface area contributed by atoms with Crippen molar-refractivity contribution in [3.63, 3.8) is 0 Å². The van der Waals surface area contributed by atoms with Gasteiger partial charge in [0.25, 0.3) is 5.56 Å². The summed E-state index contributed by atoms with van der Waals surface area (Å²) >= 11 is 0. The van der Waals surface area contributed by atoms with Crippen LogP contribution in [-0.2, 0) is 4.74 Å². The van der Waals surface area contributed by atoms with Crippen molar-refractivity contribution in [3.8, 4) is 0 Å². The highest BCUT2D eigenvalue weighted by Gasteiger charge is 2.34. The number of ether oxygens (including phenoxy) is 1. The van der Waals surface area contributed by atoms with Crippen molar-refractivity contribution in [3.05, 3.63) is 28.4 Å². The molecule has 1 amide bonds. The summed E-state index contributed by atoms with van der Waals surface area (Å²) in [5.41, 5.74) is -0.733. The van der Waals surface area contributed by atoms with Crippen LogP contribution in [0.3, 0.4) is 0 Å². The number of nitrogens with zero attached hydrogens (tertiary/aromatic N) is 2. The monoisotopic (exact) mass is 265 g/mol. The first-order chi connectivity index (χ1) is 8.87. The lowest BCUT2D eigenvalue weighted by molar-refractivity contribution is 0.0218. The molecule has 1 aliphatic heterocycles. The lowest BCUT2D eigenvalue weighted by Gasteiger charge is -2.28. The molecule has 0 saturated carbocycles. The summed E-state index contributed by atoms with van der Waals surface area (Å²) in [6, 6.07) is 1.15. The highest BCUT2D eigenvalue weighted by Crippen LogP contribution is 2.30. The van der Waals surface area contributed by atoms with E-state index in [2.05, 4.69) is 9.97 Å². The molecule has 0 radical (unpaired) electrons. The Labute approximate surface area is 111 Å². The SMILES string of the molecule is CC(C)(C)OC(=O)N1CCCC1c1nccc(=O)[nH]1. The predicted molar refractivity (Wildman–Crippen MR) is 69.8 cm³/mol. The van der Waals surface area contributed by atoms with Gasteiger partial charge in [0.05, 0.1) is 6.04 Å². The first-order valence-corrected chi connectivity index (χ1v) is 6.42. The summed E-state index contributed by atoms with van der Waals surface area (Å²) in [5.74, 6) is 0.524. The molecule has 19 heavy (non-hydrogen) atoms. The molecule has 0 spiro atoms. The molecule has 1 N–H and O–H groups in total. The Bertz CT molecular complexity index is 518. The third-order valence-corrected chi connectivity index (χ3v) is 2.89. The van der Waals surface area contributed by atoms with Crippen molar-refractivity contribution >= 4 is 6.09 Å². The van der Waals surface area contributed by atoms with Crippen molar-refractivity contribution in [2.24, 2.45) is 0 Å². The van der Waals surface area contributed by atoms with Crippen LogP contribution >= 0.6 is 0 Å². The Morgan fingerprint density at radius 3 is 2.89 bits per heavy atom. The number of rotatable bonds is 1. The van der Waals surface area contributed by atoms with Crippen LogP contribution in [0, 0.1) is 0 Å². The van der Waals surface area contributed by atoms with E-state index in [1.165, 1.54) is 12.3 Å². The van der Waals surface area contributed by atoms with Crippen LogP contribution in [0.25, 0.3) is 0 Å². The molecule has 1 aromatic rings. The van der Waals surface area contributed by atoms with Crippen LogP contribution in [0.4, 0.5) is 4.79 Å². The molecule has 6 heteroatoms. The summed E-state index contributed by atoms with van der Waals surface area (Å²) < 4.78 is 5.37. The number of H-pyrrole nitrogens is 1. The van der Waals surface area contributed by atoms with E-state index in [1.807, 2.05) is 20.8 Å². The number of nitrogens with one attached hydrogen (secondary N) is 1. The second-order valence-corrected chi connectivity index (χ2v) is 5.65. The van der Waals surface area contributed by atoms with E-state index in [0.29, 0.717) is 12.4 Å². The third kappa shape index (κ3) is 3.33. The largest absolute Gasteiger partial charge is 0.444 e. The summed E-state index contributed by atoms with van der Waals surface area (Å²) in [7, 11) is 0. The highest BCUT2D eigenvalue weighted by molar-refractivity contribution is 5.69. The number of hydrogen-bond acceptors (Lipinski definition) is 4. The van der Waals surface area contributed by atoms with Crippen LogP contribution in [0.15, 0.2) is 17.1 Å². The fraction of sp³-hybridized carbons (Fsp3) is 0.615. The number of hydrogen-bond donors (Lipinski definition) is 1. The molecule has 1 atom stereocenters. The van der Waals surface area contributed by atoms with Gasteiger partial charge in [0.1, 0.15) is 11.4 Å². The maximum Gasteiger partial charge on any atom is 0.410 e. The quantitative estimate of drug-likeness (QED) is 0.840. The maximum absolute atomic E-state index is 12.1. The smallest absolute Gasteiger partial charge is 0.410 e. The van der Waals surface area contributed by atoms with Gasteiger partial charge in [0, 0.05) is 18.8 Å². The van der Waals surface area contributed by atoms with Gasteiger partial charge >= 0.3 is 6.09 Å². The minimum atomic E-state index is -0.526. The number of likely N-dealkylation sites (tertiary alicyclic amines) is 1. The molecule has 1 aromatic heterocycles. The zero-order chi connectivity index (χ0) is 14.0. The third-order valence-electron chi connectivity index (χ3n) is 2.89. The molecule has 1 fully saturated rings. The van der Waals surface area contributed by atoms with Crippen LogP contribution in [0.1, 0.15) is 45.5 Å². The molecule has 0 bridgehead atoms. The maximum atomic E-state index is 12.1. The Hall–Kier alpha value is -1.85. The van der Waals surface area contributed by atoms with E-state index < -0.39 is 5.60 Å². The molecular weight excluding hydrogens is 246 g/mol. The minimum absolute atomic E-state index is 0.205. The minimum Gasteiger partial charge on any atom is -0.444 e. The Morgan fingerprint density at radius 2 is 2.26 bits per heavy atom. The molecule has 1 saturated heterocycles. The molecule has 0 aromatic carbocycles. The second kappa shape index (κ2) is 5.03. The van der Waals surface area contributed by atoms with E-state index in [-0.39, 0.29) is 17.7 Å². The summed E-state index contributed by atoms with van der Waals surface area (Å²) in [6.45, 7) is 6.12. The van der Waals surface area contributed by atoms with E-state index in [9.17, 15) is 9.59 Å². The van der Waals surface area contributed by atoms with Gasteiger partial charge in [0.2, 0.25) is 0 Å². The van der Waals surface area contributed by atoms with Gasteiger partial charge in [-0.05, 0) is 33.6 Å². The summed E-state index contributed by atoms with van der Waals surface area (Å²) in [4.78, 5) is 31.9. The van der Waals surface area contributed by atoms with Gasteiger partial charge in [-0.25, -0.2) is 9.78 Å². The zero-order valence-electron chi connectivity index (χ0n) is 11.5. The van der Waals surface area contributed by atoms with Gasteiger partial charge in [-0.2, -0.15) is 0 Å². The molecule has 104 valence electrons. The van der Waals surface area contributed by atoms with Crippen molar-refractivity contribution in [1.29, 1.82) is 0 Å². The van der Waals surface area contributed by atoms with Gasteiger partial charge in [0.15, 0.2) is 0 Å². The molecule has 6 nitrogen and oxygen atoms in total. The Kier molecular flexibility index (Phi) is 3.59. The average Bonchev–Trinajstić information content (AvgIpc) is 2.75.